The Kier molecular flexibility index (Phi) is 3.65. The first-order chi connectivity index (χ1) is 10.1. The van der Waals surface area contributed by atoms with Gasteiger partial charge in [-0.1, -0.05) is 18.2 Å². The fraction of sp³-hybridized carbons (Fsp3) is 0.200. The summed E-state index contributed by atoms with van der Waals surface area (Å²) in [6.45, 7) is 1.54. The van der Waals surface area contributed by atoms with Crippen molar-refractivity contribution in [3.8, 4) is 0 Å². The Morgan fingerprint density at radius 3 is 2.76 bits per heavy atom. The molecule has 0 spiro atoms. The molecule has 0 aromatic heterocycles. The largest absolute Gasteiger partial charge is 0.312 e. The van der Waals surface area contributed by atoms with Gasteiger partial charge in [-0.15, -0.1) is 0 Å². The fourth-order valence-corrected chi connectivity index (χ4v) is 3.59. The summed E-state index contributed by atoms with van der Waals surface area (Å²) in [7, 11) is -3.78. The predicted molar refractivity (Wildman–Crippen MR) is 79.1 cm³/mol. The highest BCUT2D eigenvalue weighted by molar-refractivity contribution is 7.92. The number of halogens is 1. The van der Waals surface area contributed by atoms with Crippen molar-refractivity contribution in [2.24, 2.45) is 0 Å². The molecule has 2 N–H and O–H groups in total. The molecule has 4 nitrogen and oxygen atoms in total. The quantitative estimate of drug-likeness (QED) is 0.914. The molecule has 2 aromatic rings. The Hall–Kier alpha value is -1.92. The van der Waals surface area contributed by atoms with Gasteiger partial charge in [0.2, 0.25) is 0 Å². The van der Waals surface area contributed by atoms with Crippen molar-refractivity contribution in [2.75, 3.05) is 11.3 Å². The Labute approximate surface area is 123 Å². The minimum absolute atomic E-state index is 0.0750. The molecular formula is C15H15FN2O2S. The van der Waals surface area contributed by atoms with Gasteiger partial charge < -0.3 is 5.32 Å². The molecule has 0 unspecified atom stereocenters. The van der Waals surface area contributed by atoms with E-state index in [0.717, 1.165) is 36.7 Å². The van der Waals surface area contributed by atoms with Crippen molar-refractivity contribution < 1.29 is 12.8 Å². The molecular weight excluding hydrogens is 291 g/mol. The van der Waals surface area contributed by atoms with Gasteiger partial charge >= 0.3 is 0 Å². The minimum atomic E-state index is -3.78. The molecule has 0 bridgehead atoms. The molecule has 1 aliphatic heterocycles. The van der Waals surface area contributed by atoms with E-state index in [1.54, 1.807) is 6.07 Å². The van der Waals surface area contributed by atoms with Crippen LogP contribution in [0.5, 0.6) is 0 Å². The summed E-state index contributed by atoms with van der Waals surface area (Å²) >= 11 is 0. The Morgan fingerprint density at radius 2 is 1.95 bits per heavy atom. The van der Waals surface area contributed by atoms with Crippen LogP contribution in [-0.2, 0) is 23.0 Å². The zero-order valence-corrected chi connectivity index (χ0v) is 12.1. The first kappa shape index (κ1) is 14.0. The molecule has 0 saturated heterocycles. The van der Waals surface area contributed by atoms with Crippen LogP contribution in [0.2, 0.25) is 0 Å². The maximum absolute atomic E-state index is 13.2. The smallest absolute Gasteiger partial charge is 0.262 e. The van der Waals surface area contributed by atoms with E-state index in [9.17, 15) is 12.8 Å². The van der Waals surface area contributed by atoms with Gasteiger partial charge in [-0.05, 0) is 48.4 Å². The molecule has 0 saturated carbocycles. The predicted octanol–water partition coefficient (Wildman–Crippen LogP) is 2.27. The van der Waals surface area contributed by atoms with Crippen LogP contribution in [0.15, 0.2) is 47.4 Å². The zero-order chi connectivity index (χ0) is 14.9. The Bertz CT molecular complexity index is 775. The van der Waals surface area contributed by atoms with E-state index in [-0.39, 0.29) is 4.90 Å². The summed E-state index contributed by atoms with van der Waals surface area (Å²) in [6.07, 6.45) is 0.761. The third-order valence-electron chi connectivity index (χ3n) is 3.49. The molecule has 110 valence electrons. The molecule has 21 heavy (non-hydrogen) atoms. The second-order valence-corrected chi connectivity index (χ2v) is 6.62. The summed E-state index contributed by atoms with van der Waals surface area (Å²) in [5.41, 5.74) is 2.65. The van der Waals surface area contributed by atoms with Crippen molar-refractivity contribution in [2.45, 2.75) is 17.9 Å². The van der Waals surface area contributed by atoms with Gasteiger partial charge in [-0.25, -0.2) is 12.8 Å². The molecule has 0 fully saturated rings. The van der Waals surface area contributed by atoms with E-state index in [1.807, 2.05) is 12.1 Å². The minimum Gasteiger partial charge on any atom is -0.312 e. The third-order valence-corrected chi connectivity index (χ3v) is 4.85. The summed E-state index contributed by atoms with van der Waals surface area (Å²) < 4.78 is 40.5. The maximum Gasteiger partial charge on any atom is 0.262 e. The molecule has 6 heteroatoms. The van der Waals surface area contributed by atoms with E-state index < -0.39 is 15.8 Å². The lowest BCUT2D eigenvalue weighted by Crippen LogP contribution is -2.25. The lowest BCUT2D eigenvalue weighted by atomic mass is 9.99. The van der Waals surface area contributed by atoms with Crippen LogP contribution in [0.3, 0.4) is 0 Å². The van der Waals surface area contributed by atoms with Crippen LogP contribution in [0, 0.1) is 5.82 Å². The van der Waals surface area contributed by atoms with Crippen LogP contribution < -0.4 is 10.0 Å². The van der Waals surface area contributed by atoms with Gasteiger partial charge in [-0.3, -0.25) is 4.72 Å². The zero-order valence-electron chi connectivity index (χ0n) is 11.3. The van der Waals surface area contributed by atoms with Crippen LogP contribution in [-0.4, -0.2) is 15.0 Å². The lowest BCUT2D eigenvalue weighted by molar-refractivity contribution is 0.595. The molecule has 3 rings (SSSR count). The molecule has 2 aromatic carbocycles. The van der Waals surface area contributed by atoms with Crippen molar-refractivity contribution in [3.63, 3.8) is 0 Å². The monoisotopic (exact) mass is 306 g/mol. The maximum atomic E-state index is 13.2. The first-order valence-corrected chi connectivity index (χ1v) is 8.14. The number of hydrogen-bond acceptors (Lipinski definition) is 3. The number of nitrogens with one attached hydrogen (secondary N) is 2. The molecule has 1 heterocycles. The van der Waals surface area contributed by atoms with Gasteiger partial charge in [0.25, 0.3) is 10.0 Å². The number of sulfonamides is 1. The number of rotatable bonds is 3. The first-order valence-electron chi connectivity index (χ1n) is 6.66. The highest BCUT2D eigenvalue weighted by Gasteiger charge is 2.19. The van der Waals surface area contributed by atoms with Crippen LogP contribution in [0.1, 0.15) is 11.1 Å². The molecule has 0 atom stereocenters. The lowest BCUT2D eigenvalue weighted by Gasteiger charge is -2.21. The van der Waals surface area contributed by atoms with Gasteiger partial charge in [-0.2, -0.15) is 0 Å². The van der Waals surface area contributed by atoms with Crippen LogP contribution in [0.4, 0.5) is 10.1 Å². The van der Waals surface area contributed by atoms with Crippen molar-refractivity contribution in [1.29, 1.82) is 0 Å². The molecule has 0 radical (unpaired) electrons. The van der Waals surface area contributed by atoms with Gasteiger partial charge in [0, 0.05) is 6.54 Å². The number of benzene rings is 2. The summed E-state index contributed by atoms with van der Waals surface area (Å²) in [4.78, 5) is -0.0750. The highest BCUT2D eigenvalue weighted by Crippen LogP contribution is 2.25. The van der Waals surface area contributed by atoms with E-state index in [2.05, 4.69) is 10.0 Å². The fourth-order valence-electron chi connectivity index (χ4n) is 2.47. The highest BCUT2D eigenvalue weighted by atomic mass is 32.2. The van der Waals surface area contributed by atoms with Crippen molar-refractivity contribution >= 4 is 15.7 Å². The van der Waals surface area contributed by atoms with Crippen LogP contribution >= 0.6 is 0 Å². The van der Waals surface area contributed by atoms with E-state index in [1.165, 1.54) is 18.2 Å². The topological polar surface area (TPSA) is 58.2 Å². The van der Waals surface area contributed by atoms with E-state index in [0.29, 0.717) is 5.69 Å². The number of fused-ring (bicyclic) bond motifs is 1. The molecule has 0 aliphatic carbocycles. The molecule has 1 aliphatic rings. The Morgan fingerprint density at radius 1 is 1.14 bits per heavy atom. The molecule has 0 amide bonds. The van der Waals surface area contributed by atoms with Gasteiger partial charge in [0.05, 0.1) is 10.6 Å². The normalized spacial score (nSPS) is 14.5. The second kappa shape index (κ2) is 5.46. The van der Waals surface area contributed by atoms with E-state index >= 15 is 0 Å². The summed E-state index contributed by atoms with van der Waals surface area (Å²) in [5.74, 6) is -0.572. The number of anilines is 1. The SMILES string of the molecule is O=S(=O)(Nc1cccc2c1CCNC2)c1cccc(F)c1. The van der Waals surface area contributed by atoms with Crippen molar-refractivity contribution in [3.05, 3.63) is 59.4 Å². The standard InChI is InChI=1S/C15H15FN2O2S/c16-12-4-2-5-13(9-12)21(19,20)18-15-6-1-3-11-10-17-8-7-14(11)15/h1-6,9,17-18H,7-8,10H2. The van der Waals surface area contributed by atoms with Gasteiger partial charge in [0.1, 0.15) is 5.82 Å². The average molecular weight is 306 g/mol. The summed E-state index contributed by atoms with van der Waals surface area (Å²) in [5, 5.41) is 3.24. The third kappa shape index (κ3) is 2.91. The average Bonchev–Trinajstić information content (AvgIpc) is 2.47. The van der Waals surface area contributed by atoms with E-state index in [4.69, 9.17) is 0 Å². The summed E-state index contributed by atoms with van der Waals surface area (Å²) in [6, 6.07) is 10.5. The number of hydrogen-bond donors (Lipinski definition) is 2. The Balaban J connectivity index is 1.96. The second-order valence-electron chi connectivity index (χ2n) is 4.93. The van der Waals surface area contributed by atoms with Crippen LogP contribution in [0.25, 0.3) is 0 Å². The van der Waals surface area contributed by atoms with Gasteiger partial charge in [0.15, 0.2) is 0 Å². The van der Waals surface area contributed by atoms with Crippen molar-refractivity contribution in [1.82, 2.24) is 5.32 Å².